The molecule has 2 N–H and O–H groups in total. The molecule has 21 heavy (non-hydrogen) atoms. The van der Waals surface area contributed by atoms with E-state index >= 15 is 0 Å². The maximum absolute atomic E-state index is 12.2. The molecule has 0 radical (unpaired) electrons. The summed E-state index contributed by atoms with van der Waals surface area (Å²) in [6.07, 6.45) is 3.32. The lowest BCUT2D eigenvalue weighted by atomic mass is 10.0. The predicted octanol–water partition coefficient (Wildman–Crippen LogP) is 2.13. The van der Waals surface area contributed by atoms with Gasteiger partial charge in [0.05, 0.1) is 6.54 Å². The van der Waals surface area contributed by atoms with Crippen molar-refractivity contribution >= 4 is 17.6 Å². The van der Waals surface area contributed by atoms with Gasteiger partial charge in [-0.3, -0.25) is 14.5 Å². The Hall–Kier alpha value is -1.88. The molecule has 0 aliphatic carbocycles. The molecule has 0 saturated carbocycles. The van der Waals surface area contributed by atoms with E-state index in [1.165, 1.54) is 0 Å². The molecule has 0 aromatic heterocycles. The van der Waals surface area contributed by atoms with Crippen molar-refractivity contribution in [2.75, 3.05) is 18.4 Å². The molecule has 1 aliphatic heterocycles. The molecule has 1 saturated heterocycles. The summed E-state index contributed by atoms with van der Waals surface area (Å²) in [4.78, 5) is 25.2. The van der Waals surface area contributed by atoms with Crippen LogP contribution in [0.2, 0.25) is 0 Å². The molecule has 1 amide bonds. The van der Waals surface area contributed by atoms with Gasteiger partial charge in [0.2, 0.25) is 5.91 Å². The number of carbonyl (C=O) groups excluding carboxylic acids is 1. The summed E-state index contributed by atoms with van der Waals surface area (Å²) in [6.45, 7) is 2.84. The number of nitrogens with zero attached hydrogens (tertiary/aromatic N) is 1. The number of nitrogens with one attached hydrogen (secondary N) is 1. The quantitative estimate of drug-likeness (QED) is 0.871. The van der Waals surface area contributed by atoms with E-state index in [4.69, 9.17) is 0 Å². The lowest BCUT2D eigenvalue weighted by Crippen LogP contribution is -2.47. The number of benzene rings is 1. The zero-order valence-corrected chi connectivity index (χ0v) is 12.3. The summed E-state index contributed by atoms with van der Waals surface area (Å²) >= 11 is 0. The van der Waals surface area contributed by atoms with E-state index in [0.29, 0.717) is 13.0 Å². The van der Waals surface area contributed by atoms with Crippen LogP contribution in [-0.4, -0.2) is 41.0 Å². The van der Waals surface area contributed by atoms with Crippen molar-refractivity contribution in [1.29, 1.82) is 0 Å². The van der Waals surface area contributed by atoms with Gasteiger partial charge >= 0.3 is 5.97 Å². The average Bonchev–Trinajstić information content (AvgIpc) is 2.48. The Morgan fingerprint density at radius 2 is 2.10 bits per heavy atom. The van der Waals surface area contributed by atoms with Gasteiger partial charge in [0.25, 0.3) is 0 Å². The second-order valence-corrected chi connectivity index (χ2v) is 5.38. The summed E-state index contributed by atoms with van der Waals surface area (Å²) in [5.41, 5.74) is 1.90. The minimum Gasteiger partial charge on any atom is -0.480 e. The van der Waals surface area contributed by atoms with Crippen LogP contribution in [0, 0.1) is 0 Å². The fourth-order valence-corrected chi connectivity index (χ4v) is 2.78. The van der Waals surface area contributed by atoms with E-state index in [9.17, 15) is 14.7 Å². The Morgan fingerprint density at radius 1 is 1.33 bits per heavy atom. The molecular weight excluding hydrogens is 268 g/mol. The fraction of sp³-hybridized carbons (Fsp3) is 0.500. The number of carboxylic acids is 1. The maximum Gasteiger partial charge on any atom is 0.320 e. The maximum atomic E-state index is 12.2. The van der Waals surface area contributed by atoms with Crippen LogP contribution < -0.4 is 5.32 Å². The van der Waals surface area contributed by atoms with Crippen LogP contribution in [0.4, 0.5) is 5.69 Å². The number of amides is 1. The van der Waals surface area contributed by atoms with Crippen molar-refractivity contribution in [2.24, 2.45) is 0 Å². The lowest BCUT2D eigenvalue weighted by molar-refractivity contribution is -0.145. The second-order valence-electron chi connectivity index (χ2n) is 5.38. The molecule has 1 aliphatic rings. The molecule has 1 atom stereocenters. The van der Waals surface area contributed by atoms with Crippen molar-refractivity contribution in [2.45, 2.75) is 38.6 Å². The molecule has 1 aromatic carbocycles. The number of piperidine rings is 1. The first-order valence-corrected chi connectivity index (χ1v) is 7.46. The van der Waals surface area contributed by atoms with E-state index in [-0.39, 0.29) is 12.5 Å². The third-order valence-electron chi connectivity index (χ3n) is 3.92. The van der Waals surface area contributed by atoms with Crippen LogP contribution in [0.5, 0.6) is 0 Å². The first kappa shape index (κ1) is 15.5. The Morgan fingerprint density at radius 3 is 2.81 bits per heavy atom. The van der Waals surface area contributed by atoms with Gasteiger partial charge in [0, 0.05) is 5.69 Å². The standard InChI is InChI=1S/C16H22N2O3/c1-2-12-7-3-4-8-13(12)17-15(19)11-18-10-6-5-9-14(18)16(20)21/h3-4,7-8,14H,2,5-6,9-11H2,1H3,(H,17,19)(H,20,21)/t14-/m0/s1. The van der Waals surface area contributed by atoms with Gasteiger partial charge in [0.1, 0.15) is 6.04 Å². The summed E-state index contributed by atoms with van der Waals surface area (Å²) in [7, 11) is 0. The van der Waals surface area contributed by atoms with Crippen molar-refractivity contribution in [3.8, 4) is 0 Å². The number of para-hydroxylation sites is 1. The highest BCUT2D eigenvalue weighted by molar-refractivity contribution is 5.93. The van der Waals surface area contributed by atoms with E-state index in [1.807, 2.05) is 31.2 Å². The first-order chi connectivity index (χ1) is 10.1. The number of carboxylic acid groups (broad SMARTS) is 1. The molecule has 1 heterocycles. The van der Waals surface area contributed by atoms with Gasteiger partial charge in [-0.2, -0.15) is 0 Å². The number of anilines is 1. The number of hydrogen-bond acceptors (Lipinski definition) is 3. The third-order valence-corrected chi connectivity index (χ3v) is 3.92. The van der Waals surface area contributed by atoms with Crippen LogP contribution >= 0.6 is 0 Å². The zero-order chi connectivity index (χ0) is 15.2. The van der Waals surface area contributed by atoms with Crippen LogP contribution in [0.25, 0.3) is 0 Å². The van der Waals surface area contributed by atoms with Crippen molar-refractivity contribution < 1.29 is 14.7 Å². The molecule has 5 heteroatoms. The van der Waals surface area contributed by atoms with Crippen molar-refractivity contribution in [3.05, 3.63) is 29.8 Å². The fourth-order valence-electron chi connectivity index (χ4n) is 2.78. The predicted molar refractivity (Wildman–Crippen MR) is 81.3 cm³/mol. The number of hydrogen-bond donors (Lipinski definition) is 2. The minimum absolute atomic E-state index is 0.134. The first-order valence-electron chi connectivity index (χ1n) is 7.46. The van der Waals surface area contributed by atoms with E-state index in [1.54, 1.807) is 4.90 Å². The van der Waals surface area contributed by atoms with Crippen molar-refractivity contribution in [3.63, 3.8) is 0 Å². The molecule has 2 rings (SSSR count). The van der Waals surface area contributed by atoms with Gasteiger partial charge in [-0.1, -0.05) is 31.5 Å². The molecule has 0 bridgehead atoms. The van der Waals surface area contributed by atoms with Gasteiger partial charge in [-0.15, -0.1) is 0 Å². The summed E-state index contributed by atoms with van der Waals surface area (Å²) in [5, 5.41) is 12.1. The highest BCUT2D eigenvalue weighted by Gasteiger charge is 2.29. The summed E-state index contributed by atoms with van der Waals surface area (Å²) in [5.74, 6) is -0.986. The average molecular weight is 290 g/mol. The lowest BCUT2D eigenvalue weighted by Gasteiger charge is -2.32. The summed E-state index contributed by atoms with van der Waals surface area (Å²) < 4.78 is 0. The largest absolute Gasteiger partial charge is 0.480 e. The third kappa shape index (κ3) is 4.04. The Balaban J connectivity index is 1.99. The number of carbonyl (C=O) groups is 2. The topological polar surface area (TPSA) is 69.6 Å². The molecule has 114 valence electrons. The van der Waals surface area contributed by atoms with Crippen LogP contribution in [0.3, 0.4) is 0 Å². The molecule has 1 fully saturated rings. The smallest absolute Gasteiger partial charge is 0.320 e. The van der Waals surface area contributed by atoms with Crippen LogP contribution in [0.1, 0.15) is 31.7 Å². The Labute approximate surface area is 125 Å². The number of rotatable bonds is 5. The van der Waals surface area contributed by atoms with Crippen LogP contribution in [0.15, 0.2) is 24.3 Å². The molecular formula is C16H22N2O3. The molecule has 5 nitrogen and oxygen atoms in total. The van der Waals surface area contributed by atoms with Gasteiger partial charge in [-0.25, -0.2) is 0 Å². The van der Waals surface area contributed by atoms with Gasteiger partial charge in [0.15, 0.2) is 0 Å². The summed E-state index contributed by atoms with van der Waals surface area (Å²) in [6, 6.07) is 7.15. The second kappa shape index (κ2) is 7.22. The highest BCUT2D eigenvalue weighted by Crippen LogP contribution is 2.18. The van der Waals surface area contributed by atoms with Gasteiger partial charge in [-0.05, 0) is 37.4 Å². The van der Waals surface area contributed by atoms with Crippen LogP contribution in [-0.2, 0) is 16.0 Å². The molecule has 0 spiro atoms. The normalized spacial score (nSPS) is 19.2. The van der Waals surface area contributed by atoms with Gasteiger partial charge < -0.3 is 10.4 Å². The highest BCUT2D eigenvalue weighted by atomic mass is 16.4. The van der Waals surface area contributed by atoms with E-state index in [0.717, 1.165) is 30.5 Å². The van der Waals surface area contributed by atoms with E-state index in [2.05, 4.69) is 5.32 Å². The zero-order valence-electron chi connectivity index (χ0n) is 12.3. The number of aliphatic carboxylic acids is 1. The minimum atomic E-state index is -0.837. The van der Waals surface area contributed by atoms with E-state index < -0.39 is 12.0 Å². The number of aryl methyl sites for hydroxylation is 1. The SMILES string of the molecule is CCc1ccccc1NC(=O)CN1CCCC[C@H]1C(=O)O. The Bertz CT molecular complexity index is 516. The monoisotopic (exact) mass is 290 g/mol. The Kier molecular flexibility index (Phi) is 5.33. The van der Waals surface area contributed by atoms with Crippen molar-refractivity contribution in [1.82, 2.24) is 4.90 Å². The molecule has 1 aromatic rings. The number of likely N-dealkylation sites (tertiary alicyclic amines) is 1. The molecule has 0 unspecified atom stereocenters.